The van der Waals surface area contributed by atoms with Gasteiger partial charge in [0.1, 0.15) is 39.3 Å². The van der Waals surface area contributed by atoms with Crippen molar-refractivity contribution < 1.29 is 31.3 Å². The molecule has 0 radical (unpaired) electrons. The number of hydrogen-bond donors (Lipinski definition) is 0. The van der Waals surface area contributed by atoms with Gasteiger partial charge in [-0.25, -0.2) is 27.5 Å². The fourth-order valence-corrected chi connectivity index (χ4v) is 7.71. The predicted octanol–water partition coefficient (Wildman–Crippen LogP) is 12.8. The van der Waals surface area contributed by atoms with Crippen LogP contribution in [0.3, 0.4) is 0 Å². The Kier molecular flexibility index (Phi) is 10.3. The summed E-state index contributed by atoms with van der Waals surface area (Å²) in [7, 11) is 0. The maximum atomic E-state index is 14.1. The Bertz CT molecular complexity index is 2930. The van der Waals surface area contributed by atoms with Gasteiger partial charge in [0.2, 0.25) is 11.8 Å². The van der Waals surface area contributed by atoms with Crippen LogP contribution in [0.25, 0.3) is 45.1 Å². The van der Waals surface area contributed by atoms with Gasteiger partial charge in [-0.1, -0.05) is 60.1 Å². The zero-order chi connectivity index (χ0) is 41.5. The number of nitrogens with zero attached hydrogens (tertiary/aromatic N) is 5. The molecule has 2 atom stereocenters. The fraction of sp³-hybridized carbons (Fsp3) is 0.130. The molecule has 6 aromatic carbocycles. The summed E-state index contributed by atoms with van der Waals surface area (Å²) in [6.45, 7) is 0. The summed E-state index contributed by atoms with van der Waals surface area (Å²) in [5.41, 5.74) is 6.29. The molecule has 0 saturated heterocycles. The highest BCUT2D eigenvalue weighted by Crippen LogP contribution is 2.37. The number of benzene rings is 6. The van der Waals surface area contributed by atoms with Gasteiger partial charge in [-0.15, -0.1) is 0 Å². The highest BCUT2D eigenvalue weighted by atomic mass is 35.5. The second-order valence-electron chi connectivity index (χ2n) is 14.2. The lowest BCUT2D eigenvalue weighted by Crippen LogP contribution is -2.03. The Hall–Kier alpha value is -6.99. The molecule has 2 aromatic heterocycles. The van der Waals surface area contributed by atoms with Crippen LogP contribution in [0, 0.1) is 33.4 Å². The maximum absolute atomic E-state index is 14.1. The van der Waals surface area contributed by atoms with E-state index in [1.165, 1.54) is 48.5 Å². The van der Waals surface area contributed by atoms with Gasteiger partial charge >= 0.3 is 0 Å². The Labute approximate surface area is 343 Å². The smallest absolute Gasteiger partial charge is 0.291 e. The first-order chi connectivity index (χ1) is 29.1. The maximum Gasteiger partial charge on any atom is 0.291 e. The van der Waals surface area contributed by atoms with E-state index in [9.17, 15) is 27.7 Å². The zero-order valence-electron chi connectivity index (χ0n) is 31.3. The molecule has 0 bridgehead atoms. The second-order valence-corrected chi connectivity index (χ2v) is 14.6. The van der Waals surface area contributed by atoms with Crippen LogP contribution in [0.2, 0.25) is 5.02 Å². The SMILES string of the molecule is Fc1cccc(F)c1C1=NC(c2ccc(-c3nc4ccccc4o3)cc2)CC1.O=[N+]([O-])c1cc2oc(-c3ccc(C4CCC(c5c(F)cccc5F)=N4)cc3)nc2cc1Cl. The van der Waals surface area contributed by atoms with Gasteiger partial charge in [-0.2, -0.15) is 0 Å². The van der Waals surface area contributed by atoms with Crippen molar-refractivity contribution in [1.29, 1.82) is 0 Å². The molecule has 9 nitrogen and oxygen atoms in total. The molecule has 4 heterocycles. The van der Waals surface area contributed by atoms with Crippen LogP contribution in [-0.4, -0.2) is 26.3 Å². The van der Waals surface area contributed by atoms with Gasteiger partial charge in [0.05, 0.1) is 34.2 Å². The van der Waals surface area contributed by atoms with E-state index in [1.807, 2.05) is 60.7 Å². The molecule has 0 spiro atoms. The first-order valence-corrected chi connectivity index (χ1v) is 19.3. The number of fused-ring (bicyclic) bond motifs is 2. The number of oxazole rings is 2. The molecular weight excluding hydrogens is 798 g/mol. The first-order valence-electron chi connectivity index (χ1n) is 18.9. The van der Waals surface area contributed by atoms with Crippen LogP contribution >= 0.6 is 11.6 Å². The van der Waals surface area contributed by atoms with Crippen molar-refractivity contribution in [3.05, 3.63) is 182 Å². The van der Waals surface area contributed by atoms with Crippen molar-refractivity contribution in [2.75, 3.05) is 0 Å². The van der Waals surface area contributed by atoms with E-state index in [-0.39, 0.29) is 39.5 Å². The van der Waals surface area contributed by atoms with Crippen molar-refractivity contribution in [2.45, 2.75) is 37.8 Å². The average Bonchev–Trinajstić information content (AvgIpc) is 4.08. The van der Waals surface area contributed by atoms with Crippen molar-refractivity contribution in [2.24, 2.45) is 9.98 Å². The average molecular weight is 828 g/mol. The summed E-state index contributed by atoms with van der Waals surface area (Å²) >= 11 is 5.94. The largest absolute Gasteiger partial charge is 0.436 e. The number of para-hydroxylation sites is 2. The normalized spacial score (nSPS) is 16.1. The topological polar surface area (TPSA) is 120 Å². The van der Waals surface area contributed by atoms with Gasteiger partial charge in [0.25, 0.3) is 5.69 Å². The third-order valence-corrected chi connectivity index (χ3v) is 10.8. The summed E-state index contributed by atoms with van der Waals surface area (Å²) < 4.78 is 67.7. The van der Waals surface area contributed by atoms with Crippen LogP contribution in [0.4, 0.5) is 23.2 Å². The zero-order valence-corrected chi connectivity index (χ0v) is 32.0. The van der Waals surface area contributed by atoms with E-state index in [1.54, 1.807) is 12.1 Å². The first kappa shape index (κ1) is 38.5. The van der Waals surface area contributed by atoms with E-state index in [0.717, 1.165) is 34.2 Å². The number of halogens is 5. The van der Waals surface area contributed by atoms with E-state index in [0.29, 0.717) is 53.5 Å². The molecule has 0 aliphatic carbocycles. The molecule has 14 heteroatoms. The summed E-state index contributed by atoms with van der Waals surface area (Å²) in [5, 5.41) is 11.0. The number of rotatable bonds is 7. The molecule has 2 unspecified atom stereocenters. The van der Waals surface area contributed by atoms with E-state index >= 15 is 0 Å². The molecule has 0 saturated carbocycles. The van der Waals surface area contributed by atoms with Crippen LogP contribution < -0.4 is 0 Å². The lowest BCUT2D eigenvalue weighted by molar-refractivity contribution is -0.384. The van der Waals surface area contributed by atoms with E-state index in [4.69, 9.17) is 20.4 Å². The minimum atomic E-state index is -0.615. The summed E-state index contributed by atoms with van der Waals surface area (Å²) in [5.74, 6) is -1.49. The standard InChI is InChI=1S/C23H14ClF2N3O3.C23H16F2N2O/c24-14-10-19-21(11-20(14)29(30)31)32-23(28-19)13-6-4-12(5-7-13)17-8-9-18(27-17)22-15(25)2-1-3-16(22)26;24-16-4-3-5-17(25)22(16)20-13-12-18(26-20)14-8-10-15(11-9-14)23-27-19-6-1-2-7-21(19)28-23/h1-7,10-11,17H,8-9H2;1-11,18H,12-13H2. The van der Waals surface area contributed by atoms with Gasteiger partial charge in [0, 0.05) is 22.6 Å². The lowest BCUT2D eigenvalue weighted by Gasteiger charge is -2.07. The minimum absolute atomic E-state index is 0.00639. The molecule has 8 aromatic rings. The number of nitro groups is 1. The monoisotopic (exact) mass is 827 g/mol. The molecule has 0 fully saturated rings. The quantitative estimate of drug-likeness (QED) is 0.0896. The van der Waals surface area contributed by atoms with Crippen LogP contribution in [0.5, 0.6) is 0 Å². The molecule has 60 heavy (non-hydrogen) atoms. The van der Waals surface area contributed by atoms with Gasteiger partial charge < -0.3 is 8.83 Å². The van der Waals surface area contributed by atoms with Crippen LogP contribution in [0.1, 0.15) is 60.0 Å². The highest BCUT2D eigenvalue weighted by molar-refractivity contribution is 6.33. The molecular formula is C46H30ClF4N5O4. The third-order valence-electron chi connectivity index (χ3n) is 10.5. The molecule has 0 N–H and O–H groups in total. The molecule has 0 amide bonds. The summed E-state index contributed by atoms with van der Waals surface area (Å²) in [4.78, 5) is 28.5. The predicted molar refractivity (Wildman–Crippen MR) is 220 cm³/mol. The lowest BCUT2D eigenvalue weighted by atomic mass is 10.0. The number of nitro benzene ring substituents is 1. The van der Waals surface area contributed by atoms with Gasteiger partial charge in [-0.3, -0.25) is 20.1 Å². The molecule has 298 valence electrons. The minimum Gasteiger partial charge on any atom is -0.436 e. The van der Waals surface area contributed by atoms with Gasteiger partial charge in [0.15, 0.2) is 11.2 Å². The van der Waals surface area contributed by atoms with Crippen molar-refractivity contribution in [1.82, 2.24) is 9.97 Å². The van der Waals surface area contributed by atoms with Crippen LogP contribution in [0.15, 0.2) is 140 Å². The van der Waals surface area contributed by atoms with Crippen molar-refractivity contribution in [3.8, 4) is 22.9 Å². The summed E-state index contributed by atoms with van der Waals surface area (Å²) in [6, 6.07) is 32.8. The second kappa shape index (κ2) is 16.0. The summed E-state index contributed by atoms with van der Waals surface area (Å²) in [6.07, 6.45) is 2.41. The Balaban J connectivity index is 0.000000155. The van der Waals surface area contributed by atoms with Crippen molar-refractivity contribution >= 4 is 50.9 Å². The number of hydrogen-bond acceptors (Lipinski definition) is 8. The molecule has 2 aliphatic heterocycles. The molecule has 2 aliphatic rings. The van der Waals surface area contributed by atoms with Crippen LogP contribution in [-0.2, 0) is 0 Å². The van der Waals surface area contributed by atoms with E-state index in [2.05, 4.69) is 20.0 Å². The Morgan fingerprint density at radius 3 is 1.53 bits per heavy atom. The number of aromatic nitrogens is 2. The van der Waals surface area contributed by atoms with Gasteiger partial charge in [-0.05, 0) is 104 Å². The Morgan fingerprint density at radius 1 is 0.583 bits per heavy atom. The fourth-order valence-electron chi connectivity index (χ4n) is 7.48. The molecule has 10 rings (SSSR count). The highest BCUT2D eigenvalue weighted by Gasteiger charge is 2.26. The third kappa shape index (κ3) is 7.55. The number of aliphatic imine (C=N–C) groups is 2. The van der Waals surface area contributed by atoms with E-state index < -0.39 is 28.2 Å². The van der Waals surface area contributed by atoms with Crippen molar-refractivity contribution in [3.63, 3.8) is 0 Å². The Morgan fingerprint density at radius 2 is 1.05 bits per heavy atom.